The lowest BCUT2D eigenvalue weighted by molar-refractivity contribution is -0.139. The molecule has 1 aliphatic rings. The number of imide groups is 1. The predicted molar refractivity (Wildman–Crippen MR) is 95.9 cm³/mol. The number of hydrogen-bond donors (Lipinski definition) is 1. The molecular formula is C20H18N2O4. The van der Waals surface area contributed by atoms with Gasteiger partial charge in [-0.2, -0.15) is 0 Å². The number of carbonyl (C=O) groups is 3. The summed E-state index contributed by atoms with van der Waals surface area (Å²) in [6, 6.07) is 13.5. The van der Waals surface area contributed by atoms with Crippen LogP contribution in [0.15, 0.2) is 54.2 Å². The highest BCUT2D eigenvalue weighted by Crippen LogP contribution is 2.29. The van der Waals surface area contributed by atoms with Crippen molar-refractivity contribution in [2.24, 2.45) is 5.73 Å². The van der Waals surface area contributed by atoms with Crippen LogP contribution >= 0.6 is 0 Å². The molecule has 6 nitrogen and oxygen atoms in total. The van der Waals surface area contributed by atoms with E-state index < -0.39 is 17.8 Å². The van der Waals surface area contributed by atoms with Gasteiger partial charge in [-0.3, -0.25) is 9.59 Å². The molecule has 2 aromatic rings. The Morgan fingerprint density at radius 1 is 1.04 bits per heavy atom. The van der Waals surface area contributed by atoms with E-state index in [2.05, 4.69) is 0 Å². The van der Waals surface area contributed by atoms with Crippen molar-refractivity contribution in [2.45, 2.75) is 13.8 Å². The third kappa shape index (κ3) is 2.86. The molecule has 0 radical (unpaired) electrons. The highest BCUT2D eigenvalue weighted by molar-refractivity contribution is 6.25. The van der Waals surface area contributed by atoms with Gasteiger partial charge in [0.25, 0.3) is 11.8 Å². The lowest BCUT2D eigenvalue weighted by Crippen LogP contribution is -2.35. The van der Waals surface area contributed by atoms with Crippen LogP contribution in [-0.2, 0) is 9.53 Å². The predicted octanol–water partition coefficient (Wildman–Crippen LogP) is 2.48. The van der Waals surface area contributed by atoms with Crippen molar-refractivity contribution >= 4 is 23.5 Å². The van der Waals surface area contributed by atoms with Gasteiger partial charge in [-0.1, -0.05) is 35.9 Å². The normalized spacial score (nSPS) is 14.2. The van der Waals surface area contributed by atoms with Gasteiger partial charge in [0.15, 0.2) is 5.70 Å². The van der Waals surface area contributed by atoms with E-state index in [1.54, 1.807) is 49.4 Å². The van der Waals surface area contributed by atoms with Crippen molar-refractivity contribution in [2.75, 3.05) is 6.61 Å². The summed E-state index contributed by atoms with van der Waals surface area (Å²) in [4.78, 5) is 38.9. The second-order valence-corrected chi connectivity index (χ2v) is 5.84. The van der Waals surface area contributed by atoms with Crippen LogP contribution in [0.1, 0.15) is 38.8 Å². The molecular weight excluding hydrogens is 332 g/mol. The Labute approximate surface area is 150 Å². The summed E-state index contributed by atoms with van der Waals surface area (Å²) in [7, 11) is 0. The molecule has 0 bridgehead atoms. The molecule has 6 heteroatoms. The molecule has 0 saturated heterocycles. The number of aryl methyl sites for hydroxylation is 1. The summed E-state index contributed by atoms with van der Waals surface area (Å²) in [5.41, 5.74) is 7.89. The minimum Gasteiger partial charge on any atom is -0.461 e. The molecule has 1 aliphatic heterocycles. The molecule has 0 spiro atoms. The minimum atomic E-state index is -0.819. The van der Waals surface area contributed by atoms with E-state index in [1.165, 1.54) is 0 Å². The monoisotopic (exact) mass is 350 g/mol. The molecule has 0 aromatic heterocycles. The van der Waals surface area contributed by atoms with Crippen molar-refractivity contribution in [3.8, 4) is 0 Å². The highest BCUT2D eigenvalue weighted by Gasteiger charge is 2.41. The Kier molecular flexibility index (Phi) is 4.58. The van der Waals surface area contributed by atoms with Crippen LogP contribution in [0.5, 0.6) is 0 Å². The van der Waals surface area contributed by atoms with Crippen LogP contribution in [0.2, 0.25) is 0 Å². The van der Waals surface area contributed by atoms with Crippen LogP contribution in [-0.4, -0.2) is 29.3 Å². The van der Waals surface area contributed by atoms with E-state index in [0.29, 0.717) is 5.56 Å². The molecule has 3 rings (SSSR count). The number of carbonyl (C=O) groups excluding carboxylic acids is 3. The van der Waals surface area contributed by atoms with Gasteiger partial charge in [0.2, 0.25) is 0 Å². The Hall–Kier alpha value is -3.41. The number of rotatable bonds is 4. The van der Waals surface area contributed by atoms with Gasteiger partial charge in [0.1, 0.15) is 0 Å². The summed E-state index contributed by atoms with van der Waals surface area (Å²) in [6.45, 7) is 3.61. The number of nitrogens with two attached hydrogens (primary N) is 1. The second kappa shape index (κ2) is 6.84. The Bertz CT molecular complexity index is 911. The molecule has 0 saturated carbocycles. The fraction of sp³-hybridized carbons (Fsp3) is 0.150. The maximum absolute atomic E-state index is 12.8. The number of benzene rings is 2. The Morgan fingerprint density at radius 3 is 2.19 bits per heavy atom. The van der Waals surface area contributed by atoms with Crippen molar-refractivity contribution < 1.29 is 19.1 Å². The van der Waals surface area contributed by atoms with Crippen molar-refractivity contribution in [1.82, 2.24) is 4.90 Å². The fourth-order valence-corrected chi connectivity index (χ4v) is 2.86. The van der Waals surface area contributed by atoms with Crippen LogP contribution in [0.4, 0.5) is 0 Å². The summed E-state index contributed by atoms with van der Waals surface area (Å²) < 4.78 is 5.06. The zero-order chi connectivity index (χ0) is 18.8. The molecule has 2 aromatic carbocycles. The minimum absolute atomic E-state index is 0.0154. The van der Waals surface area contributed by atoms with E-state index >= 15 is 0 Å². The summed E-state index contributed by atoms with van der Waals surface area (Å²) in [5, 5.41) is 0. The van der Waals surface area contributed by atoms with Crippen molar-refractivity contribution in [1.29, 1.82) is 0 Å². The van der Waals surface area contributed by atoms with E-state index in [9.17, 15) is 14.4 Å². The van der Waals surface area contributed by atoms with Crippen LogP contribution in [0.25, 0.3) is 5.70 Å². The zero-order valence-corrected chi connectivity index (χ0v) is 14.5. The maximum Gasteiger partial charge on any atom is 0.357 e. The zero-order valence-electron chi connectivity index (χ0n) is 14.5. The number of amides is 2. The van der Waals surface area contributed by atoms with Gasteiger partial charge in [0.05, 0.1) is 23.4 Å². The summed E-state index contributed by atoms with van der Waals surface area (Å²) in [6.07, 6.45) is 0. The molecule has 0 aliphatic carbocycles. The fourth-order valence-electron chi connectivity index (χ4n) is 2.86. The van der Waals surface area contributed by atoms with Crippen molar-refractivity contribution in [3.63, 3.8) is 0 Å². The largest absolute Gasteiger partial charge is 0.461 e. The first kappa shape index (κ1) is 17.4. The van der Waals surface area contributed by atoms with Gasteiger partial charge in [-0.25, -0.2) is 9.69 Å². The van der Waals surface area contributed by atoms with Gasteiger partial charge in [0, 0.05) is 5.56 Å². The topological polar surface area (TPSA) is 89.7 Å². The first-order chi connectivity index (χ1) is 12.5. The number of nitrogens with zero attached hydrogens (tertiary/aromatic N) is 1. The molecule has 0 fully saturated rings. The molecule has 0 unspecified atom stereocenters. The Balaban J connectivity index is 2.17. The number of fused-ring (bicyclic) bond motifs is 1. The average Bonchev–Trinajstić information content (AvgIpc) is 2.88. The second-order valence-electron chi connectivity index (χ2n) is 5.84. The van der Waals surface area contributed by atoms with Gasteiger partial charge in [-0.05, 0) is 32.0 Å². The van der Waals surface area contributed by atoms with Gasteiger partial charge in [-0.15, -0.1) is 0 Å². The van der Waals surface area contributed by atoms with Gasteiger partial charge >= 0.3 is 5.97 Å². The quantitative estimate of drug-likeness (QED) is 0.520. The smallest absolute Gasteiger partial charge is 0.357 e. The van der Waals surface area contributed by atoms with Crippen LogP contribution in [0, 0.1) is 6.92 Å². The van der Waals surface area contributed by atoms with Crippen LogP contribution in [0.3, 0.4) is 0 Å². The maximum atomic E-state index is 12.8. The van der Waals surface area contributed by atoms with E-state index in [4.69, 9.17) is 10.5 Å². The van der Waals surface area contributed by atoms with Gasteiger partial charge < -0.3 is 10.5 Å². The SMILES string of the molecule is CCOC(=O)/C(=C(\N)c1cccc(C)c1)N1C(=O)c2ccccc2C1=O. The third-order valence-corrected chi connectivity index (χ3v) is 4.07. The standard InChI is InChI=1S/C20H18N2O4/c1-3-26-20(25)17(16(21)13-8-6-7-12(2)11-13)22-18(23)14-9-4-5-10-15(14)19(22)24/h4-11H,3,21H2,1-2H3/b17-16+. The summed E-state index contributed by atoms with van der Waals surface area (Å²) in [5.74, 6) is -2.01. The number of ether oxygens (including phenoxy) is 1. The first-order valence-corrected chi connectivity index (χ1v) is 8.17. The molecule has 2 N–H and O–H groups in total. The molecule has 2 amide bonds. The van der Waals surface area contributed by atoms with E-state index in [0.717, 1.165) is 10.5 Å². The molecule has 0 atom stereocenters. The molecule has 26 heavy (non-hydrogen) atoms. The average molecular weight is 350 g/mol. The lowest BCUT2D eigenvalue weighted by atomic mass is 10.1. The van der Waals surface area contributed by atoms with E-state index in [1.807, 2.05) is 13.0 Å². The third-order valence-electron chi connectivity index (χ3n) is 4.07. The summed E-state index contributed by atoms with van der Waals surface area (Å²) >= 11 is 0. The Morgan fingerprint density at radius 2 is 1.65 bits per heavy atom. The first-order valence-electron chi connectivity index (χ1n) is 8.17. The highest BCUT2D eigenvalue weighted by atomic mass is 16.5. The van der Waals surface area contributed by atoms with Crippen molar-refractivity contribution in [3.05, 3.63) is 76.5 Å². The van der Waals surface area contributed by atoms with E-state index in [-0.39, 0.29) is 29.1 Å². The lowest BCUT2D eigenvalue weighted by Gasteiger charge is -2.19. The van der Waals surface area contributed by atoms with Crippen LogP contribution < -0.4 is 5.73 Å². The number of hydrogen-bond acceptors (Lipinski definition) is 5. The molecule has 1 heterocycles. The number of esters is 1. The molecule has 132 valence electrons.